The molecule has 0 atom stereocenters. The van der Waals surface area contributed by atoms with Gasteiger partial charge in [0.25, 0.3) is 0 Å². The maximum Gasteiger partial charge on any atom is 0.152 e. The summed E-state index contributed by atoms with van der Waals surface area (Å²) < 4.78 is 53.0. The molecule has 0 unspecified atom stereocenters. The third kappa shape index (κ3) is 3.90. The molecule has 3 rings (SSSR count). The van der Waals surface area contributed by atoms with Gasteiger partial charge in [0, 0.05) is 5.56 Å². The summed E-state index contributed by atoms with van der Waals surface area (Å²) in [6, 6.07) is 6.10. The molecule has 1 heterocycles. The van der Waals surface area contributed by atoms with Crippen molar-refractivity contribution in [1.82, 2.24) is 0 Å². The highest BCUT2D eigenvalue weighted by Gasteiger charge is 2.32. The molecule has 0 amide bonds. The van der Waals surface area contributed by atoms with E-state index in [-0.39, 0.29) is 40.7 Å². The lowest BCUT2D eigenvalue weighted by Gasteiger charge is -2.29. The van der Waals surface area contributed by atoms with Crippen molar-refractivity contribution in [2.45, 2.75) is 44.8 Å². The average Bonchev–Trinajstić information content (AvgIpc) is 2.97. The van der Waals surface area contributed by atoms with E-state index >= 15 is 0 Å². The minimum Gasteiger partial charge on any atom is -0.277 e. The normalized spacial score (nSPS) is 24.3. The Labute approximate surface area is 154 Å². The predicted molar refractivity (Wildman–Crippen MR) is 100 cm³/mol. The molecule has 1 saturated carbocycles. The second-order valence-electron chi connectivity index (χ2n) is 7.58. The largest absolute Gasteiger partial charge is 0.277 e. The van der Waals surface area contributed by atoms with E-state index in [0.717, 1.165) is 25.7 Å². The van der Waals surface area contributed by atoms with E-state index in [1.165, 1.54) is 6.07 Å². The zero-order valence-corrected chi connectivity index (χ0v) is 16.0. The van der Waals surface area contributed by atoms with Gasteiger partial charge in [-0.3, -0.25) is 4.99 Å². The Kier molecular flexibility index (Phi) is 5.61. The van der Waals surface area contributed by atoms with Crippen LogP contribution in [0.5, 0.6) is 0 Å². The van der Waals surface area contributed by atoms with Crippen LogP contribution in [0.15, 0.2) is 40.7 Å². The Hall–Kier alpha value is -1.56. The minimum absolute atomic E-state index is 0.0704. The summed E-state index contributed by atoms with van der Waals surface area (Å²) >= 11 is 0. The molecule has 1 aliphatic carbocycles. The lowest BCUT2D eigenvalue weighted by atomic mass is 9.79. The molecule has 0 N–H and O–H groups in total. The molecule has 3 nitrogen and oxygen atoms in total. The fraction of sp³-hybridized carbons (Fsp3) is 0.550. The summed E-state index contributed by atoms with van der Waals surface area (Å²) in [5.74, 6) is -0.425. The number of allylic oxidation sites excluding steroid dienone is 1. The van der Waals surface area contributed by atoms with Gasteiger partial charge in [-0.15, -0.1) is 0 Å². The molecule has 0 radical (unpaired) electrons. The smallest absolute Gasteiger partial charge is 0.152 e. The Morgan fingerprint density at radius 3 is 2.38 bits per heavy atom. The lowest BCUT2D eigenvalue weighted by molar-refractivity contribution is 0.316. The fourth-order valence-corrected chi connectivity index (χ4v) is 5.19. The van der Waals surface area contributed by atoms with Crippen LogP contribution in [-0.2, 0) is 9.84 Å². The minimum atomic E-state index is -3.05. The SMILES string of the molecule is CC(C)S(=O)(=O)CC1CCC(C2=C(F)C(c3ccccc3F)=NC2)CC1. The first-order chi connectivity index (χ1) is 12.3. The van der Waals surface area contributed by atoms with Gasteiger partial charge >= 0.3 is 0 Å². The van der Waals surface area contributed by atoms with Crippen molar-refractivity contribution in [3.63, 3.8) is 0 Å². The number of nitrogens with zero attached hydrogens (tertiary/aromatic N) is 1. The van der Waals surface area contributed by atoms with E-state index in [4.69, 9.17) is 0 Å². The van der Waals surface area contributed by atoms with Gasteiger partial charge < -0.3 is 0 Å². The van der Waals surface area contributed by atoms with Crippen molar-refractivity contribution in [1.29, 1.82) is 0 Å². The molecule has 142 valence electrons. The zero-order valence-electron chi connectivity index (χ0n) is 15.2. The van der Waals surface area contributed by atoms with Crippen LogP contribution in [0.25, 0.3) is 0 Å². The topological polar surface area (TPSA) is 46.5 Å². The first-order valence-corrected chi connectivity index (χ1v) is 10.9. The number of sulfone groups is 1. The van der Waals surface area contributed by atoms with E-state index in [9.17, 15) is 17.2 Å². The second kappa shape index (κ2) is 7.59. The Balaban J connectivity index is 1.66. The van der Waals surface area contributed by atoms with Gasteiger partial charge in [-0.1, -0.05) is 12.1 Å². The van der Waals surface area contributed by atoms with Gasteiger partial charge in [0.1, 0.15) is 17.4 Å². The third-order valence-electron chi connectivity index (χ3n) is 5.55. The average molecular weight is 381 g/mol. The first-order valence-electron chi connectivity index (χ1n) is 9.19. The Morgan fingerprint density at radius 2 is 1.77 bits per heavy atom. The molecule has 1 aromatic carbocycles. The van der Waals surface area contributed by atoms with Crippen LogP contribution < -0.4 is 0 Å². The lowest BCUT2D eigenvalue weighted by Crippen LogP contribution is -2.27. The van der Waals surface area contributed by atoms with E-state index in [0.29, 0.717) is 5.57 Å². The molecular weight excluding hydrogens is 356 g/mol. The van der Waals surface area contributed by atoms with Crippen LogP contribution in [0.3, 0.4) is 0 Å². The van der Waals surface area contributed by atoms with E-state index in [1.807, 2.05) is 0 Å². The van der Waals surface area contributed by atoms with Crippen molar-refractivity contribution in [2.75, 3.05) is 12.3 Å². The number of hydrogen-bond acceptors (Lipinski definition) is 3. The Bertz CT molecular complexity index is 835. The molecular formula is C20H25F2NO2S. The van der Waals surface area contributed by atoms with E-state index in [2.05, 4.69) is 4.99 Å². The maximum atomic E-state index is 14.9. The number of hydrogen-bond donors (Lipinski definition) is 0. The maximum absolute atomic E-state index is 14.9. The van der Waals surface area contributed by atoms with Gasteiger partial charge in [0.15, 0.2) is 9.84 Å². The second-order valence-corrected chi connectivity index (χ2v) is 10.2. The van der Waals surface area contributed by atoms with Gasteiger partial charge in [-0.05, 0) is 69.1 Å². The number of halogens is 2. The van der Waals surface area contributed by atoms with Crippen molar-refractivity contribution < 1.29 is 17.2 Å². The van der Waals surface area contributed by atoms with Crippen LogP contribution >= 0.6 is 0 Å². The number of benzene rings is 1. The summed E-state index contributed by atoms with van der Waals surface area (Å²) in [5, 5.41) is -0.355. The van der Waals surface area contributed by atoms with Gasteiger partial charge in [0.2, 0.25) is 0 Å². The molecule has 0 aromatic heterocycles. The van der Waals surface area contributed by atoms with Gasteiger partial charge in [-0.2, -0.15) is 0 Å². The van der Waals surface area contributed by atoms with Crippen molar-refractivity contribution in [2.24, 2.45) is 16.8 Å². The molecule has 1 aliphatic heterocycles. The first kappa shape index (κ1) is 19.2. The summed E-state index contributed by atoms with van der Waals surface area (Å²) in [4.78, 5) is 4.24. The van der Waals surface area contributed by atoms with Crippen LogP contribution in [0, 0.1) is 17.7 Å². The molecule has 6 heteroatoms. The zero-order chi connectivity index (χ0) is 18.9. The van der Waals surface area contributed by atoms with Gasteiger partial charge in [-0.25, -0.2) is 17.2 Å². The van der Waals surface area contributed by atoms with Crippen molar-refractivity contribution in [3.8, 4) is 0 Å². The highest BCUT2D eigenvalue weighted by molar-refractivity contribution is 7.91. The molecule has 0 saturated heterocycles. The molecule has 2 aliphatic rings. The highest BCUT2D eigenvalue weighted by Crippen LogP contribution is 2.38. The monoisotopic (exact) mass is 381 g/mol. The molecule has 1 aromatic rings. The fourth-order valence-electron chi connectivity index (χ4n) is 3.82. The Morgan fingerprint density at radius 1 is 1.12 bits per heavy atom. The van der Waals surface area contributed by atoms with E-state index < -0.39 is 21.5 Å². The summed E-state index contributed by atoms with van der Waals surface area (Å²) in [6.45, 7) is 3.69. The van der Waals surface area contributed by atoms with Crippen LogP contribution in [-0.4, -0.2) is 31.7 Å². The summed E-state index contributed by atoms with van der Waals surface area (Å²) in [5.41, 5.74) is 0.966. The molecule has 1 fully saturated rings. The van der Waals surface area contributed by atoms with E-state index in [1.54, 1.807) is 32.0 Å². The number of rotatable bonds is 5. The molecule has 0 spiro atoms. The predicted octanol–water partition coefficient (Wildman–Crippen LogP) is 4.48. The summed E-state index contributed by atoms with van der Waals surface area (Å²) in [7, 11) is -3.05. The summed E-state index contributed by atoms with van der Waals surface area (Å²) in [6.07, 6.45) is 3.09. The van der Waals surface area contributed by atoms with Crippen LogP contribution in [0.4, 0.5) is 8.78 Å². The van der Waals surface area contributed by atoms with Crippen LogP contribution in [0.2, 0.25) is 0 Å². The van der Waals surface area contributed by atoms with Crippen molar-refractivity contribution in [3.05, 3.63) is 47.0 Å². The molecule has 0 bridgehead atoms. The third-order valence-corrected chi connectivity index (χ3v) is 7.92. The van der Waals surface area contributed by atoms with Gasteiger partial charge in [0.05, 0.1) is 17.5 Å². The standard InChI is InChI=1S/C20H25F2NO2S/c1-13(2)26(24,25)12-14-7-9-15(10-8-14)17-11-23-20(19(17)22)16-5-3-4-6-18(16)21/h3-6,13-15H,7-12H2,1-2H3. The number of aliphatic imine (C=N–C) groups is 1. The molecule has 26 heavy (non-hydrogen) atoms. The van der Waals surface area contributed by atoms with Crippen LogP contribution in [0.1, 0.15) is 45.1 Å². The van der Waals surface area contributed by atoms with Crippen molar-refractivity contribution >= 4 is 15.5 Å². The quantitative estimate of drug-likeness (QED) is 0.755. The highest BCUT2D eigenvalue weighted by atomic mass is 32.2.